The van der Waals surface area contributed by atoms with Crippen molar-refractivity contribution in [3.63, 3.8) is 0 Å². The van der Waals surface area contributed by atoms with Crippen LogP contribution >= 0.6 is 0 Å². The maximum absolute atomic E-state index is 14.0. The molecule has 0 aromatic heterocycles. The van der Waals surface area contributed by atoms with Gasteiger partial charge in [0, 0.05) is 25.6 Å². The number of hydrogen-bond acceptors (Lipinski definition) is 4. The summed E-state index contributed by atoms with van der Waals surface area (Å²) in [5.74, 6) is -3.43. The van der Waals surface area contributed by atoms with E-state index < -0.39 is 40.2 Å². The normalized spacial score (nSPS) is 12.0. The van der Waals surface area contributed by atoms with E-state index in [0.717, 1.165) is 41.1 Å². The number of halogens is 2. The summed E-state index contributed by atoms with van der Waals surface area (Å²) in [4.78, 5) is 28.7. The molecule has 0 spiro atoms. The van der Waals surface area contributed by atoms with Crippen molar-refractivity contribution in [2.24, 2.45) is 0 Å². The van der Waals surface area contributed by atoms with E-state index in [-0.39, 0.29) is 24.6 Å². The molecular weight excluding hydrogens is 524 g/mol. The van der Waals surface area contributed by atoms with Crippen LogP contribution in [-0.2, 0) is 32.6 Å². The van der Waals surface area contributed by atoms with Crippen molar-refractivity contribution < 1.29 is 26.8 Å². The molecule has 0 unspecified atom stereocenters. The average molecular weight is 558 g/mol. The van der Waals surface area contributed by atoms with Crippen LogP contribution in [0.4, 0.5) is 14.5 Å². The number of aryl methyl sites for hydroxylation is 1. The van der Waals surface area contributed by atoms with Crippen LogP contribution in [0, 0.1) is 18.6 Å². The quantitative estimate of drug-likeness (QED) is 0.362. The summed E-state index contributed by atoms with van der Waals surface area (Å²) in [5, 5.41) is 2.86. The third-order valence-electron chi connectivity index (χ3n) is 6.29. The van der Waals surface area contributed by atoms with Crippen LogP contribution in [0.25, 0.3) is 0 Å². The molecule has 3 aromatic carbocycles. The molecule has 0 heterocycles. The van der Waals surface area contributed by atoms with Crippen LogP contribution < -0.4 is 9.62 Å². The maximum Gasteiger partial charge on any atom is 0.244 e. The third-order valence-corrected chi connectivity index (χ3v) is 7.43. The predicted octanol–water partition coefficient (Wildman–Crippen LogP) is 4.21. The fourth-order valence-corrected chi connectivity index (χ4v) is 4.99. The minimum atomic E-state index is -4.08. The molecule has 0 bridgehead atoms. The number of hydrogen-bond donors (Lipinski definition) is 1. The summed E-state index contributed by atoms with van der Waals surface area (Å²) in [6, 6.07) is 18.3. The fraction of sp³-hybridized carbons (Fsp3) is 0.310. The number of anilines is 1. The number of rotatable bonds is 12. The molecule has 0 saturated carbocycles. The van der Waals surface area contributed by atoms with Crippen molar-refractivity contribution >= 4 is 27.5 Å². The van der Waals surface area contributed by atoms with Gasteiger partial charge in [0.15, 0.2) is 11.6 Å². The van der Waals surface area contributed by atoms with Gasteiger partial charge in [-0.3, -0.25) is 13.9 Å². The topological polar surface area (TPSA) is 86.8 Å². The number of nitrogens with one attached hydrogen (secondary N) is 1. The highest BCUT2D eigenvalue weighted by Gasteiger charge is 2.33. The van der Waals surface area contributed by atoms with Gasteiger partial charge in [0.1, 0.15) is 12.6 Å². The van der Waals surface area contributed by atoms with Crippen molar-refractivity contribution in [2.75, 3.05) is 23.7 Å². The first-order valence-electron chi connectivity index (χ1n) is 12.6. The van der Waals surface area contributed by atoms with E-state index in [1.54, 1.807) is 0 Å². The van der Waals surface area contributed by atoms with Crippen LogP contribution in [0.15, 0.2) is 72.8 Å². The zero-order chi connectivity index (χ0) is 28.6. The first-order chi connectivity index (χ1) is 18.5. The van der Waals surface area contributed by atoms with Gasteiger partial charge in [0.05, 0.1) is 11.9 Å². The molecule has 3 aromatic rings. The van der Waals surface area contributed by atoms with Crippen molar-refractivity contribution in [3.05, 3.63) is 101 Å². The Hall–Kier alpha value is -3.79. The Morgan fingerprint density at radius 1 is 0.949 bits per heavy atom. The zero-order valence-corrected chi connectivity index (χ0v) is 23.0. The SMILES string of the molecule is CCCNC(=O)[C@@H](Cc1ccccc1)N(Cc1ccccc1C)C(=O)CN(c1ccc(F)c(F)c1)S(C)(=O)=O. The van der Waals surface area contributed by atoms with Crippen molar-refractivity contribution in [3.8, 4) is 0 Å². The van der Waals surface area contributed by atoms with Gasteiger partial charge in [-0.25, -0.2) is 17.2 Å². The van der Waals surface area contributed by atoms with Gasteiger partial charge in [-0.1, -0.05) is 61.5 Å². The van der Waals surface area contributed by atoms with Crippen LogP contribution in [0.1, 0.15) is 30.0 Å². The first-order valence-corrected chi connectivity index (χ1v) is 14.4. The van der Waals surface area contributed by atoms with E-state index in [1.165, 1.54) is 4.90 Å². The number of sulfonamides is 1. The van der Waals surface area contributed by atoms with Crippen molar-refractivity contribution in [1.82, 2.24) is 10.2 Å². The Bertz CT molecular complexity index is 1400. The lowest BCUT2D eigenvalue weighted by Crippen LogP contribution is -2.53. The second kappa shape index (κ2) is 13.3. The molecule has 208 valence electrons. The molecule has 0 fully saturated rings. The minimum absolute atomic E-state index is 0.0396. The Balaban J connectivity index is 2.06. The smallest absolute Gasteiger partial charge is 0.244 e. The third kappa shape index (κ3) is 8.10. The summed E-state index contributed by atoms with van der Waals surface area (Å²) in [7, 11) is -4.08. The van der Waals surface area contributed by atoms with Crippen LogP contribution in [0.3, 0.4) is 0 Å². The highest BCUT2D eigenvalue weighted by molar-refractivity contribution is 7.92. The Labute approximate surface area is 228 Å². The van der Waals surface area contributed by atoms with Crippen LogP contribution in [-0.4, -0.2) is 50.5 Å². The van der Waals surface area contributed by atoms with E-state index in [4.69, 9.17) is 0 Å². The second-order valence-corrected chi connectivity index (χ2v) is 11.2. The van der Waals surface area contributed by atoms with Gasteiger partial charge < -0.3 is 10.2 Å². The minimum Gasteiger partial charge on any atom is -0.354 e. The van der Waals surface area contributed by atoms with Gasteiger partial charge in [-0.05, 0) is 42.2 Å². The molecule has 0 aliphatic rings. The number of benzene rings is 3. The molecule has 0 aliphatic carbocycles. The van der Waals surface area contributed by atoms with E-state index >= 15 is 0 Å². The fourth-order valence-electron chi connectivity index (χ4n) is 4.14. The Morgan fingerprint density at radius 2 is 1.62 bits per heavy atom. The van der Waals surface area contributed by atoms with Gasteiger partial charge in [-0.2, -0.15) is 0 Å². The highest BCUT2D eigenvalue weighted by atomic mass is 32.2. The Kier molecular flexibility index (Phi) is 10.2. The molecule has 10 heteroatoms. The predicted molar refractivity (Wildman–Crippen MR) is 148 cm³/mol. The molecule has 0 saturated heterocycles. The molecule has 2 amide bonds. The van der Waals surface area contributed by atoms with Crippen molar-refractivity contribution in [2.45, 2.75) is 39.3 Å². The van der Waals surface area contributed by atoms with Crippen LogP contribution in [0.2, 0.25) is 0 Å². The van der Waals surface area contributed by atoms with E-state index in [2.05, 4.69) is 5.32 Å². The average Bonchev–Trinajstić information content (AvgIpc) is 2.90. The number of carbonyl (C=O) groups is 2. The van der Waals surface area contributed by atoms with Crippen molar-refractivity contribution in [1.29, 1.82) is 0 Å². The lowest BCUT2D eigenvalue weighted by Gasteiger charge is -2.34. The van der Waals surface area contributed by atoms with E-state index in [0.29, 0.717) is 17.3 Å². The molecule has 39 heavy (non-hydrogen) atoms. The first kappa shape index (κ1) is 29.8. The molecule has 7 nitrogen and oxygen atoms in total. The molecule has 1 atom stereocenters. The van der Waals surface area contributed by atoms with Gasteiger partial charge in [-0.15, -0.1) is 0 Å². The second-order valence-electron chi connectivity index (χ2n) is 9.31. The summed E-state index contributed by atoms with van der Waals surface area (Å²) in [6.07, 6.45) is 1.76. The molecule has 0 radical (unpaired) electrons. The number of nitrogens with zero attached hydrogens (tertiary/aromatic N) is 2. The standard InChI is InChI=1S/C29H33F2N3O4S/c1-4-16-32-29(36)27(17-22-11-6-5-7-12-22)33(19-23-13-9-8-10-21(23)2)28(35)20-34(39(3,37)38)24-14-15-25(30)26(31)18-24/h5-15,18,27H,4,16-17,19-20H2,1-3H3,(H,32,36)/t27-/m1/s1. The summed E-state index contributed by atoms with van der Waals surface area (Å²) in [6.45, 7) is 3.53. The van der Waals surface area contributed by atoms with E-state index in [1.807, 2.05) is 68.4 Å². The molecular formula is C29H33F2N3O4S. The van der Waals surface area contributed by atoms with E-state index in [9.17, 15) is 26.8 Å². The van der Waals surface area contributed by atoms with Crippen LogP contribution in [0.5, 0.6) is 0 Å². The molecule has 3 rings (SSSR count). The summed E-state index contributed by atoms with van der Waals surface area (Å²) in [5.41, 5.74) is 2.29. The largest absolute Gasteiger partial charge is 0.354 e. The maximum atomic E-state index is 14.0. The molecule has 0 aliphatic heterocycles. The highest BCUT2D eigenvalue weighted by Crippen LogP contribution is 2.23. The summed E-state index contributed by atoms with van der Waals surface area (Å²) >= 11 is 0. The Morgan fingerprint density at radius 3 is 2.23 bits per heavy atom. The number of carbonyl (C=O) groups excluding carboxylic acids is 2. The number of amides is 2. The zero-order valence-electron chi connectivity index (χ0n) is 22.2. The lowest BCUT2D eigenvalue weighted by atomic mass is 10.0. The van der Waals surface area contributed by atoms with Gasteiger partial charge in [0.25, 0.3) is 0 Å². The summed E-state index contributed by atoms with van der Waals surface area (Å²) < 4.78 is 53.7. The monoisotopic (exact) mass is 557 g/mol. The lowest BCUT2D eigenvalue weighted by molar-refractivity contribution is -0.140. The van der Waals surface area contributed by atoms with Gasteiger partial charge in [0.2, 0.25) is 21.8 Å². The molecule has 1 N–H and O–H groups in total. The van der Waals surface area contributed by atoms with Gasteiger partial charge >= 0.3 is 0 Å².